The second kappa shape index (κ2) is 11.6. The van der Waals surface area contributed by atoms with Crippen LogP contribution in [0, 0.1) is 11.5 Å². The van der Waals surface area contributed by atoms with Gasteiger partial charge in [-0.1, -0.05) is 30.3 Å². The van der Waals surface area contributed by atoms with Crippen molar-refractivity contribution in [2.45, 2.75) is 4.90 Å². The SMILES string of the molecule is C=O.N#CN=C(N)N.O=S(=O)([O-])c1ccc2ccccc2c1.[Na+]. The fourth-order valence-electron chi connectivity index (χ4n) is 1.38. The molecule has 116 valence electrons. The molecular weight excluding hydrogens is 331 g/mol. The van der Waals surface area contributed by atoms with Crippen LogP contribution < -0.4 is 41.0 Å². The Labute approximate surface area is 155 Å². The number of rotatable bonds is 1. The van der Waals surface area contributed by atoms with Crippen molar-refractivity contribution in [3.05, 3.63) is 42.5 Å². The second-order valence-electron chi connectivity index (χ2n) is 3.60. The van der Waals surface area contributed by atoms with Gasteiger partial charge in [0, 0.05) is 0 Å². The Balaban J connectivity index is 0. The van der Waals surface area contributed by atoms with Gasteiger partial charge in [-0.05, 0) is 22.9 Å². The Morgan fingerprint density at radius 3 is 2.04 bits per heavy atom. The molecule has 10 heteroatoms. The number of benzene rings is 2. The maximum Gasteiger partial charge on any atom is 1.00 e. The standard InChI is InChI=1S/C10H8O3S.C2H4N4.CH2O.Na/c11-14(12,13)10-6-5-8-3-1-2-4-9(8)7-10;3-1-6-2(4)5;1-2;/h1-7H,(H,11,12,13);(H4,4,5,6);1H2;/q;;;+1/p-1. The summed E-state index contributed by atoms with van der Waals surface area (Å²) in [5.74, 6) is -0.197. The molecule has 0 spiro atoms. The van der Waals surface area contributed by atoms with Crippen LogP contribution >= 0.6 is 0 Å². The average molecular weight is 344 g/mol. The summed E-state index contributed by atoms with van der Waals surface area (Å²) in [5, 5.41) is 9.31. The van der Waals surface area contributed by atoms with E-state index in [-0.39, 0.29) is 40.4 Å². The van der Waals surface area contributed by atoms with Gasteiger partial charge in [0.1, 0.15) is 16.9 Å². The molecule has 0 amide bonds. The number of hydrogen-bond acceptors (Lipinski definition) is 6. The molecule has 4 N–H and O–H groups in total. The van der Waals surface area contributed by atoms with Crippen LogP contribution in [0.4, 0.5) is 0 Å². The first-order chi connectivity index (χ1) is 10.3. The van der Waals surface area contributed by atoms with E-state index in [1.54, 1.807) is 18.2 Å². The molecule has 2 rings (SSSR count). The summed E-state index contributed by atoms with van der Waals surface area (Å²) in [6.07, 6.45) is 1.41. The smallest absolute Gasteiger partial charge is 0.744 e. The van der Waals surface area contributed by atoms with Gasteiger partial charge in [0.25, 0.3) is 0 Å². The fraction of sp³-hybridized carbons (Fsp3) is 0. The van der Waals surface area contributed by atoms with Gasteiger partial charge >= 0.3 is 29.6 Å². The second-order valence-corrected chi connectivity index (χ2v) is 4.98. The van der Waals surface area contributed by atoms with Gasteiger partial charge < -0.3 is 20.8 Å². The third kappa shape index (κ3) is 8.92. The molecule has 2 aromatic rings. The monoisotopic (exact) mass is 344 g/mol. The van der Waals surface area contributed by atoms with Gasteiger partial charge in [-0.25, -0.2) is 8.42 Å². The van der Waals surface area contributed by atoms with Crippen molar-refractivity contribution in [1.82, 2.24) is 0 Å². The minimum absolute atomic E-state index is 0. The van der Waals surface area contributed by atoms with E-state index in [2.05, 4.69) is 4.99 Å². The predicted molar refractivity (Wildman–Crippen MR) is 80.5 cm³/mol. The number of fused-ring (bicyclic) bond motifs is 1. The van der Waals surface area contributed by atoms with Crippen LogP contribution in [-0.2, 0) is 14.9 Å². The third-order valence-corrected chi connectivity index (χ3v) is 3.02. The molecule has 23 heavy (non-hydrogen) atoms. The van der Waals surface area contributed by atoms with Gasteiger partial charge in [-0.2, -0.15) is 5.26 Å². The van der Waals surface area contributed by atoms with Crippen LogP contribution in [0.2, 0.25) is 0 Å². The first kappa shape index (κ1) is 23.3. The topological polar surface area (TPSA) is 162 Å². The van der Waals surface area contributed by atoms with E-state index in [4.69, 9.17) is 21.5 Å². The predicted octanol–water partition coefficient (Wildman–Crippen LogP) is -2.70. The normalized spacial score (nSPS) is 8.87. The molecule has 0 heterocycles. The summed E-state index contributed by atoms with van der Waals surface area (Å²) in [6, 6.07) is 11.6. The molecule has 0 aliphatic carbocycles. The van der Waals surface area contributed by atoms with Crippen molar-refractivity contribution in [1.29, 1.82) is 5.26 Å². The summed E-state index contributed by atoms with van der Waals surface area (Å²) in [6.45, 7) is 2.00. The molecule has 0 atom stereocenters. The molecule has 0 radical (unpaired) electrons. The Bertz CT molecular complexity index is 799. The molecule has 0 saturated heterocycles. The van der Waals surface area contributed by atoms with Crippen LogP contribution in [0.5, 0.6) is 0 Å². The molecule has 0 fully saturated rings. The average Bonchev–Trinajstić information content (AvgIpc) is 2.48. The maximum atomic E-state index is 10.7. The quantitative estimate of drug-likeness (QED) is 0.187. The fourth-order valence-corrected chi connectivity index (χ4v) is 1.89. The molecule has 0 saturated carbocycles. The van der Waals surface area contributed by atoms with Crippen LogP contribution in [-0.4, -0.2) is 25.7 Å². The van der Waals surface area contributed by atoms with Crippen LogP contribution in [0.1, 0.15) is 0 Å². The number of carbonyl (C=O) groups excluding carboxylic acids is 1. The first-order valence-corrected chi connectivity index (χ1v) is 6.96. The Kier molecular flexibility index (Phi) is 11.7. The number of nitrogens with zero attached hydrogens (tertiary/aromatic N) is 2. The zero-order valence-corrected chi connectivity index (χ0v) is 15.2. The van der Waals surface area contributed by atoms with E-state index < -0.39 is 10.1 Å². The van der Waals surface area contributed by atoms with Gasteiger partial charge in [0.2, 0.25) is 12.2 Å². The molecule has 0 aliphatic heterocycles. The number of carbonyl (C=O) groups is 1. The summed E-state index contributed by atoms with van der Waals surface area (Å²) in [5.41, 5.74) is 9.42. The summed E-state index contributed by atoms with van der Waals surface area (Å²) >= 11 is 0. The van der Waals surface area contributed by atoms with E-state index in [0.717, 1.165) is 10.8 Å². The molecule has 0 unspecified atom stereocenters. The van der Waals surface area contributed by atoms with Gasteiger partial charge in [0.05, 0.1) is 4.90 Å². The van der Waals surface area contributed by atoms with E-state index in [0.29, 0.717) is 0 Å². The van der Waals surface area contributed by atoms with Crippen molar-refractivity contribution in [2.75, 3.05) is 0 Å². The van der Waals surface area contributed by atoms with E-state index in [1.165, 1.54) is 18.3 Å². The number of nitriles is 1. The number of hydrogen-bond donors (Lipinski definition) is 2. The van der Waals surface area contributed by atoms with E-state index in [1.807, 2.05) is 18.9 Å². The van der Waals surface area contributed by atoms with Gasteiger partial charge in [0.15, 0.2) is 0 Å². The Morgan fingerprint density at radius 2 is 1.65 bits per heavy atom. The number of guanidine groups is 1. The van der Waals surface area contributed by atoms with Crippen molar-refractivity contribution in [2.24, 2.45) is 16.5 Å². The molecular formula is C13H13N4NaO4S. The molecule has 0 aliphatic rings. The van der Waals surface area contributed by atoms with Crippen molar-refractivity contribution in [3.8, 4) is 6.19 Å². The maximum absolute atomic E-state index is 10.7. The van der Waals surface area contributed by atoms with Crippen molar-refractivity contribution >= 4 is 33.6 Å². The zero-order valence-electron chi connectivity index (χ0n) is 12.3. The van der Waals surface area contributed by atoms with E-state index >= 15 is 0 Å². The molecule has 0 aromatic heterocycles. The first-order valence-electron chi connectivity index (χ1n) is 5.56. The number of aliphatic imine (C=N–C) groups is 1. The summed E-state index contributed by atoms with van der Waals surface area (Å²) in [4.78, 5) is 10.7. The summed E-state index contributed by atoms with van der Waals surface area (Å²) < 4.78 is 32.2. The Hall–Kier alpha value is -1.96. The van der Waals surface area contributed by atoms with Crippen LogP contribution in [0.25, 0.3) is 10.8 Å². The molecule has 0 bridgehead atoms. The minimum atomic E-state index is -4.34. The van der Waals surface area contributed by atoms with Crippen LogP contribution in [0.3, 0.4) is 0 Å². The van der Waals surface area contributed by atoms with Crippen molar-refractivity contribution < 1.29 is 47.3 Å². The summed E-state index contributed by atoms with van der Waals surface area (Å²) in [7, 11) is -4.34. The number of nitrogens with two attached hydrogens (primary N) is 2. The van der Waals surface area contributed by atoms with Gasteiger partial charge in [-0.3, -0.25) is 0 Å². The van der Waals surface area contributed by atoms with Gasteiger partial charge in [-0.15, -0.1) is 4.99 Å². The molecule has 2 aromatic carbocycles. The van der Waals surface area contributed by atoms with Crippen molar-refractivity contribution in [3.63, 3.8) is 0 Å². The largest absolute Gasteiger partial charge is 1.00 e. The zero-order chi connectivity index (χ0) is 17.2. The van der Waals surface area contributed by atoms with Crippen LogP contribution in [0.15, 0.2) is 52.4 Å². The third-order valence-electron chi connectivity index (χ3n) is 2.19. The van der Waals surface area contributed by atoms with E-state index in [9.17, 15) is 13.0 Å². The Morgan fingerprint density at radius 1 is 1.13 bits per heavy atom. The minimum Gasteiger partial charge on any atom is -0.744 e. The molecule has 8 nitrogen and oxygen atoms in total.